The Bertz CT molecular complexity index is 642. The molecule has 122 valence electrons. The average Bonchev–Trinajstić information content (AvgIpc) is 3.22. The smallest absolute Gasteiger partial charge is 0.232 e. The van der Waals surface area contributed by atoms with Crippen molar-refractivity contribution in [1.29, 1.82) is 0 Å². The molecule has 2 saturated carbocycles. The Morgan fingerprint density at radius 2 is 2.13 bits per heavy atom. The van der Waals surface area contributed by atoms with Crippen molar-refractivity contribution in [2.45, 2.75) is 51.0 Å². The largest absolute Gasteiger partial charge is 0.353 e. The highest BCUT2D eigenvalue weighted by Crippen LogP contribution is 2.49. The number of fused-ring (bicyclic) bond motifs is 3. The average molecular weight is 312 g/mol. The number of amides is 2. The van der Waals surface area contributed by atoms with E-state index in [9.17, 15) is 9.59 Å². The summed E-state index contributed by atoms with van der Waals surface area (Å²) in [5, 5.41) is 6.03. The van der Waals surface area contributed by atoms with Crippen molar-refractivity contribution in [2.24, 2.45) is 17.8 Å². The summed E-state index contributed by atoms with van der Waals surface area (Å²) in [6.07, 6.45) is 5.56. The highest BCUT2D eigenvalue weighted by molar-refractivity contribution is 6.04. The molecule has 5 unspecified atom stereocenters. The van der Waals surface area contributed by atoms with Crippen molar-refractivity contribution < 1.29 is 9.59 Å². The summed E-state index contributed by atoms with van der Waals surface area (Å²) in [5.74, 6) is 1.90. The van der Waals surface area contributed by atoms with Crippen LogP contribution in [0.1, 0.15) is 50.5 Å². The van der Waals surface area contributed by atoms with Gasteiger partial charge in [0, 0.05) is 18.2 Å². The van der Waals surface area contributed by atoms with Crippen LogP contribution in [0.4, 0.5) is 5.69 Å². The minimum absolute atomic E-state index is 0.00266. The molecule has 0 radical (unpaired) electrons. The van der Waals surface area contributed by atoms with Crippen molar-refractivity contribution in [3.05, 3.63) is 29.8 Å². The molecule has 0 spiro atoms. The third kappa shape index (κ3) is 2.64. The second-order valence-corrected chi connectivity index (χ2v) is 7.53. The van der Waals surface area contributed by atoms with Crippen LogP contribution in [0.5, 0.6) is 0 Å². The second-order valence-electron chi connectivity index (χ2n) is 7.53. The van der Waals surface area contributed by atoms with E-state index >= 15 is 0 Å². The molecular weight excluding hydrogens is 288 g/mol. The molecule has 2 fully saturated rings. The number of hydrogen-bond acceptors (Lipinski definition) is 2. The Morgan fingerprint density at radius 1 is 1.30 bits per heavy atom. The fraction of sp³-hybridized carbons (Fsp3) is 0.579. The normalized spacial score (nSPS) is 32.5. The molecule has 5 atom stereocenters. The summed E-state index contributed by atoms with van der Waals surface area (Å²) in [6, 6.07) is 7.87. The lowest BCUT2D eigenvalue weighted by Crippen LogP contribution is -2.40. The van der Waals surface area contributed by atoms with Crippen LogP contribution in [0.2, 0.25) is 0 Å². The Balaban J connectivity index is 1.38. The van der Waals surface area contributed by atoms with Crippen LogP contribution in [0.3, 0.4) is 0 Å². The summed E-state index contributed by atoms with van der Waals surface area (Å²) < 4.78 is 0. The molecular formula is C19H24N2O2. The van der Waals surface area contributed by atoms with Gasteiger partial charge in [-0.2, -0.15) is 0 Å². The van der Waals surface area contributed by atoms with E-state index in [2.05, 4.69) is 17.6 Å². The minimum atomic E-state index is -0.349. The Hall–Kier alpha value is -1.84. The quantitative estimate of drug-likeness (QED) is 0.898. The summed E-state index contributed by atoms with van der Waals surface area (Å²) >= 11 is 0. The highest BCUT2D eigenvalue weighted by Gasteiger charge is 2.42. The fourth-order valence-electron chi connectivity index (χ4n) is 4.99. The van der Waals surface area contributed by atoms with Crippen molar-refractivity contribution >= 4 is 17.5 Å². The molecule has 1 heterocycles. The number of para-hydroxylation sites is 1. The molecule has 1 aromatic rings. The molecule has 4 rings (SSSR count). The van der Waals surface area contributed by atoms with Gasteiger partial charge in [-0.25, -0.2) is 0 Å². The molecule has 1 aliphatic heterocycles. The number of benzene rings is 1. The van der Waals surface area contributed by atoms with Gasteiger partial charge in [-0.05, 0) is 55.6 Å². The van der Waals surface area contributed by atoms with E-state index in [-0.39, 0.29) is 30.2 Å². The molecule has 3 aliphatic rings. The van der Waals surface area contributed by atoms with E-state index in [1.54, 1.807) is 0 Å². The summed E-state index contributed by atoms with van der Waals surface area (Å²) in [6.45, 7) is 2.13. The standard InChI is InChI=1S/C19H24N2O2/c1-11(15-9-12-6-7-13(15)8-12)20-18(22)10-16-14-4-2-3-5-17(14)21-19(16)23/h2-5,11-13,15-16H,6-10H2,1H3,(H,20,22)(H,21,23). The van der Waals surface area contributed by atoms with Crippen LogP contribution < -0.4 is 10.6 Å². The lowest BCUT2D eigenvalue weighted by molar-refractivity contribution is -0.125. The minimum Gasteiger partial charge on any atom is -0.353 e. The van der Waals surface area contributed by atoms with Crippen LogP contribution in [0.25, 0.3) is 0 Å². The zero-order chi connectivity index (χ0) is 16.0. The highest BCUT2D eigenvalue weighted by atomic mass is 16.2. The SMILES string of the molecule is CC(NC(=O)CC1C(=O)Nc2ccccc21)C1CC2CCC1C2. The number of carbonyl (C=O) groups excluding carboxylic acids is 2. The lowest BCUT2D eigenvalue weighted by atomic mass is 9.84. The first-order valence-corrected chi connectivity index (χ1v) is 8.81. The van der Waals surface area contributed by atoms with E-state index in [1.165, 1.54) is 25.7 Å². The van der Waals surface area contributed by atoms with Gasteiger partial charge in [-0.1, -0.05) is 24.6 Å². The predicted molar refractivity (Wildman–Crippen MR) is 89.0 cm³/mol. The predicted octanol–water partition coefficient (Wildman–Crippen LogP) is 3.05. The zero-order valence-corrected chi connectivity index (χ0v) is 13.5. The van der Waals surface area contributed by atoms with Gasteiger partial charge in [0.15, 0.2) is 0 Å². The molecule has 4 nitrogen and oxygen atoms in total. The van der Waals surface area contributed by atoms with Gasteiger partial charge in [0.05, 0.1) is 5.92 Å². The second kappa shape index (κ2) is 5.66. The van der Waals surface area contributed by atoms with E-state index in [1.807, 2.05) is 24.3 Å². The third-order valence-electron chi connectivity index (χ3n) is 6.12. The van der Waals surface area contributed by atoms with E-state index < -0.39 is 0 Å². The summed E-state index contributed by atoms with van der Waals surface area (Å²) in [7, 11) is 0. The first-order chi connectivity index (χ1) is 11.1. The van der Waals surface area contributed by atoms with Crippen molar-refractivity contribution in [1.82, 2.24) is 5.32 Å². The van der Waals surface area contributed by atoms with E-state index in [0.717, 1.165) is 23.1 Å². The van der Waals surface area contributed by atoms with Gasteiger partial charge in [-0.15, -0.1) is 0 Å². The Labute approximate surface area is 137 Å². The van der Waals surface area contributed by atoms with Crippen LogP contribution in [-0.4, -0.2) is 17.9 Å². The van der Waals surface area contributed by atoms with Gasteiger partial charge in [0.25, 0.3) is 0 Å². The van der Waals surface area contributed by atoms with Crippen LogP contribution in [0, 0.1) is 17.8 Å². The van der Waals surface area contributed by atoms with Crippen LogP contribution >= 0.6 is 0 Å². The van der Waals surface area contributed by atoms with Crippen LogP contribution in [0.15, 0.2) is 24.3 Å². The number of carbonyl (C=O) groups is 2. The van der Waals surface area contributed by atoms with Gasteiger partial charge in [0.2, 0.25) is 11.8 Å². The first kappa shape index (κ1) is 14.7. The molecule has 0 saturated heterocycles. The number of hydrogen-bond donors (Lipinski definition) is 2. The fourth-order valence-corrected chi connectivity index (χ4v) is 4.99. The number of rotatable bonds is 4. The third-order valence-corrected chi connectivity index (χ3v) is 6.12. The Morgan fingerprint density at radius 3 is 2.87 bits per heavy atom. The maximum atomic E-state index is 12.4. The maximum absolute atomic E-state index is 12.4. The maximum Gasteiger partial charge on any atom is 0.232 e. The molecule has 0 aromatic heterocycles. The van der Waals surface area contributed by atoms with E-state index in [0.29, 0.717) is 5.92 Å². The summed E-state index contributed by atoms with van der Waals surface area (Å²) in [4.78, 5) is 24.6. The van der Waals surface area contributed by atoms with E-state index in [4.69, 9.17) is 0 Å². The van der Waals surface area contributed by atoms with Gasteiger partial charge >= 0.3 is 0 Å². The van der Waals surface area contributed by atoms with Gasteiger partial charge in [0.1, 0.15) is 0 Å². The lowest BCUT2D eigenvalue weighted by Gasteiger charge is -2.28. The van der Waals surface area contributed by atoms with Gasteiger partial charge in [-0.3, -0.25) is 9.59 Å². The molecule has 23 heavy (non-hydrogen) atoms. The molecule has 2 aliphatic carbocycles. The van der Waals surface area contributed by atoms with Crippen molar-refractivity contribution in [3.63, 3.8) is 0 Å². The summed E-state index contributed by atoms with van der Waals surface area (Å²) in [5.41, 5.74) is 1.79. The number of nitrogens with one attached hydrogen (secondary N) is 2. The number of anilines is 1. The first-order valence-electron chi connectivity index (χ1n) is 8.81. The molecule has 2 amide bonds. The van der Waals surface area contributed by atoms with Crippen LogP contribution in [-0.2, 0) is 9.59 Å². The molecule has 2 N–H and O–H groups in total. The topological polar surface area (TPSA) is 58.2 Å². The van der Waals surface area contributed by atoms with Crippen molar-refractivity contribution in [2.75, 3.05) is 5.32 Å². The van der Waals surface area contributed by atoms with Crippen molar-refractivity contribution in [3.8, 4) is 0 Å². The van der Waals surface area contributed by atoms with Gasteiger partial charge < -0.3 is 10.6 Å². The molecule has 4 heteroatoms. The molecule has 2 bridgehead atoms. The zero-order valence-electron chi connectivity index (χ0n) is 13.5. The molecule has 1 aromatic carbocycles. The Kier molecular flexibility index (Phi) is 3.63. The monoisotopic (exact) mass is 312 g/mol.